The van der Waals surface area contributed by atoms with E-state index in [1.54, 1.807) is 0 Å². The fourth-order valence-corrected chi connectivity index (χ4v) is 17.9. The molecule has 3 aliphatic carbocycles. The van der Waals surface area contributed by atoms with E-state index in [4.69, 9.17) is 9.47 Å². The Kier molecular flexibility index (Phi) is 21.4. The molecule has 4 heteroatoms. The molecule has 0 fully saturated rings. The normalized spacial score (nSPS) is 15.5. The fourth-order valence-electron chi connectivity index (χ4n) is 17.9. The lowest BCUT2D eigenvalue weighted by atomic mass is 9.69. The van der Waals surface area contributed by atoms with Gasteiger partial charge in [0.05, 0.1) is 13.2 Å². The summed E-state index contributed by atoms with van der Waals surface area (Å²) in [6, 6.07) is 129. The van der Waals surface area contributed by atoms with Gasteiger partial charge in [-0.15, -0.1) is 0 Å². The van der Waals surface area contributed by atoms with Crippen LogP contribution in [-0.2, 0) is 10.8 Å². The van der Waals surface area contributed by atoms with Gasteiger partial charge in [0.25, 0.3) is 0 Å². The molecule has 0 heterocycles. The van der Waals surface area contributed by atoms with Crippen LogP contribution in [0.3, 0.4) is 0 Å². The van der Waals surface area contributed by atoms with E-state index in [1.165, 1.54) is 72.3 Å². The van der Waals surface area contributed by atoms with E-state index >= 15 is 0 Å². The Labute approximate surface area is 662 Å². The lowest BCUT2D eigenvalue weighted by Gasteiger charge is -2.34. The second-order valence-corrected chi connectivity index (χ2v) is 30.2. The monoisotopic (exact) mass is 1450 g/mol. The van der Waals surface area contributed by atoms with Crippen LogP contribution in [0.5, 0.6) is 11.5 Å². The van der Waals surface area contributed by atoms with Crippen LogP contribution in [-0.4, -0.2) is 13.2 Å². The second-order valence-electron chi connectivity index (χ2n) is 30.2. The van der Waals surface area contributed by atoms with Crippen LogP contribution in [0, 0.1) is 0 Å². The van der Waals surface area contributed by atoms with Gasteiger partial charge in [-0.2, -0.15) is 0 Å². The number of hydrogen-bond donors (Lipinski definition) is 0. The van der Waals surface area contributed by atoms with E-state index in [0.717, 1.165) is 150 Å². The maximum atomic E-state index is 6.22. The lowest BCUT2D eigenvalue weighted by molar-refractivity contribution is 0.303. The van der Waals surface area contributed by atoms with Crippen LogP contribution in [0.25, 0.3) is 67.8 Å². The minimum absolute atomic E-state index is 0.333. The molecule has 0 amide bonds. The van der Waals surface area contributed by atoms with Gasteiger partial charge in [-0.05, 0) is 241 Å². The highest BCUT2D eigenvalue weighted by Gasteiger charge is 2.46. The Hall–Kier alpha value is -12.8. The molecule has 4 nitrogen and oxygen atoms in total. The molecule has 3 aliphatic rings. The van der Waals surface area contributed by atoms with Crippen molar-refractivity contribution in [2.24, 2.45) is 0 Å². The molecule has 548 valence electrons. The van der Waals surface area contributed by atoms with Crippen molar-refractivity contribution in [3.05, 3.63) is 433 Å². The number of fused-ring (bicyclic) bond motifs is 6. The number of nitrogens with zero attached hydrogens (tertiary/aromatic N) is 2. The van der Waals surface area contributed by atoms with Crippen LogP contribution < -0.4 is 19.3 Å². The zero-order valence-corrected chi connectivity index (χ0v) is 63.8. The van der Waals surface area contributed by atoms with Crippen molar-refractivity contribution in [3.8, 4) is 67.1 Å². The van der Waals surface area contributed by atoms with Crippen LogP contribution in [0.4, 0.5) is 34.1 Å². The molecule has 0 spiro atoms. The molecule has 0 saturated carbocycles. The number of anilines is 6. The summed E-state index contributed by atoms with van der Waals surface area (Å²) in [4.78, 5) is 4.97. The maximum absolute atomic E-state index is 6.22. The number of rotatable bonds is 30. The summed E-state index contributed by atoms with van der Waals surface area (Å²) in [6.45, 7) is 9.22. The molecule has 0 N–H and O–H groups in total. The third kappa shape index (κ3) is 14.7. The Morgan fingerprint density at radius 1 is 0.304 bits per heavy atom. The topological polar surface area (TPSA) is 24.9 Å². The number of unbranched alkanes of at least 4 members (excludes halogenated alkanes) is 6. The molecule has 0 aromatic heterocycles. The predicted octanol–water partition coefficient (Wildman–Crippen LogP) is 29.2. The van der Waals surface area contributed by atoms with Crippen LogP contribution >= 0.6 is 0 Å². The van der Waals surface area contributed by atoms with E-state index in [-0.39, 0.29) is 10.8 Å². The number of ether oxygens (including phenoxy) is 2. The summed E-state index contributed by atoms with van der Waals surface area (Å²) in [7, 11) is 0. The maximum Gasteiger partial charge on any atom is 0.119 e. The van der Waals surface area contributed by atoms with E-state index in [1.807, 2.05) is 36.4 Å². The smallest absolute Gasteiger partial charge is 0.119 e. The van der Waals surface area contributed by atoms with Gasteiger partial charge in [0.1, 0.15) is 11.5 Å². The zero-order valence-electron chi connectivity index (χ0n) is 63.8. The lowest BCUT2D eigenvalue weighted by Crippen LogP contribution is -2.27. The van der Waals surface area contributed by atoms with Crippen molar-refractivity contribution in [2.75, 3.05) is 23.0 Å². The highest BCUT2D eigenvalue weighted by molar-refractivity contribution is 5.91. The Balaban J connectivity index is 0.707. The molecule has 112 heavy (non-hydrogen) atoms. The quantitative estimate of drug-likeness (QED) is 0.0419. The summed E-state index contributed by atoms with van der Waals surface area (Å²) in [6.07, 6.45) is 24.1. The van der Waals surface area contributed by atoms with E-state index in [0.29, 0.717) is 19.1 Å². The Morgan fingerprint density at radius 2 is 0.688 bits per heavy atom. The van der Waals surface area contributed by atoms with Gasteiger partial charge in [0, 0.05) is 50.9 Å². The SMILES string of the molecule is C=Cc1ccc(OCCCCCCC2(c3ccccc3)c3ccccc3-c3ccc(N(c4ccc(-c5ccccc5)cc4)c4cccc(-c5cccc(-c6cccc(N(c7ccc(C8C=CC=CC8)cc7)c7ccc8c(c7)C(CCCCCCOc7ccc(C=C)cc7)(c7ccccc7)c7ccccc7-8)c6)c5)c4)cc32)cc1. The van der Waals surface area contributed by atoms with Gasteiger partial charge in [0.15, 0.2) is 0 Å². The van der Waals surface area contributed by atoms with Gasteiger partial charge in [-0.3, -0.25) is 0 Å². The third-order valence-corrected chi connectivity index (χ3v) is 23.5. The summed E-state index contributed by atoms with van der Waals surface area (Å²) in [5.74, 6) is 2.15. The van der Waals surface area contributed by atoms with Crippen molar-refractivity contribution in [2.45, 2.75) is 87.4 Å². The number of allylic oxidation sites excluding steroid dienone is 4. The number of benzene rings is 14. The molecule has 14 aromatic rings. The van der Waals surface area contributed by atoms with Gasteiger partial charge in [0.2, 0.25) is 0 Å². The van der Waals surface area contributed by atoms with Crippen molar-refractivity contribution in [1.29, 1.82) is 0 Å². The van der Waals surface area contributed by atoms with E-state index < -0.39 is 0 Å². The first kappa shape index (κ1) is 72.1. The van der Waals surface area contributed by atoms with Crippen LogP contribution in [0.15, 0.2) is 383 Å². The average molecular weight is 1450 g/mol. The van der Waals surface area contributed by atoms with Gasteiger partial charge < -0.3 is 19.3 Å². The highest BCUT2D eigenvalue weighted by Crippen LogP contribution is 2.59. The molecule has 0 aliphatic heterocycles. The van der Waals surface area contributed by atoms with Gasteiger partial charge >= 0.3 is 0 Å². The van der Waals surface area contributed by atoms with Crippen LogP contribution in [0.2, 0.25) is 0 Å². The second kappa shape index (κ2) is 33.2. The van der Waals surface area contributed by atoms with Gasteiger partial charge in [-0.25, -0.2) is 0 Å². The molecule has 0 radical (unpaired) electrons. The molecule has 0 bridgehead atoms. The first-order valence-corrected chi connectivity index (χ1v) is 40.2. The molecule has 17 rings (SSSR count). The summed E-state index contributed by atoms with van der Waals surface area (Å²) in [5.41, 5.74) is 29.6. The van der Waals surface area contributed by atoms with E-state index in [9.17, 15) is 0 Å². The average Bonchev–Trinajstić information content (AvgIpc) is 1.55. The highest BCUT2D eigenvalue weighted by atomic mass is 16.5. The minimum atomic E-state index is -0.374. The zero-order chi connectivity index (χ0) is 75.5. The molecule has 0 saturated heterocycles. The summed E-state index contributed by atoms with van der Waals surface area (Å²) in [5, 5.41) is 0. The molecule has 3 unspecified atom stereocenters. The van der Waals surface area contributed by atoms with Crippen molar-refractivity contribution in [1.82, 2.24) is 0 Å². The minimum Gasteiger partial charge on any atom is -0.494 e. The van der Waals surface area contributed by atoms with Crippen LogP contribution in [0.1, 0.15) is 127 Å². The fraction of sp³-hybridized carbons (Fsp3) is 0.148. The molecule has 14 aromatic carbocycles. The molecular formula is C108H94N2O2. The first-order chi connectivity index (χ1) is 55.4. The van der Waals surface area contributed by atoms with Crippen molar-refractivity contribution < 1.29 is 9.47 Å². The number of hydrogen-bond acceptors (Lipinski definition) is 4. The van der Waals surface area contributed by atoms with E-state index in [2.05, 4.69) is 369 Å². The van der Waals surface area contributed by atoms with Crippen molar-refractivity contribution in [3.63, 3.8) is 0 Å². The van der Waals surface area contributed by atoms with Gasteiger partial charge in [-0.1, -0.05) is 331 Å². The predicted molar refractivity (Wildman–Crippen MR) is 472 cm³/mol. The Bertz CT molecular complexity index is 5670. The molecule has 3 atom stereocenters. The summed E-state index contributed by atoms with van der Waals surface area (Å²) >= 11 is 0. The third-order valence-electron chi connectivity index (χ3n) is 23.5. The first-order valence-electron chi connectivity index (χ1n) is 40.2. The van der Waals surface area contributed by atoms with Crippen molar-refractivity contribution >= 4 is 46.3 Å². The summed E-state index contributed by atoms with van der Waals surface area (Å²) < 4.78 is 12.4. The Morgan fingerprint density at radius 3 is 1.15 bits per heavy atom. The largest absolute Gasteiger partial charge is 0.494 e. The standard InChI is InChI=1S/C108H94N2O2/c1-3-79-50-64-97(65-51-79)111-72-27-7-5-25-70-107(89-40-17-11-18-41-89)103-48-23-21-46-99(103)101-68-62-95(77-105(101)107)109(91-58-54-83(55-59-91)81-32-13-9-14-33-81)93-44-30-38-87(75-93)85-36-29-37-86(74-85)88-39-31-45-94(76-88)110(92-60-56-84(57-61-92)82-34-15-10-16-35-82)96-63-69-102-100-47-22-24-49-104(100)108(106(102)78-96,90-42-19-12-20-43-90)71-26-6-8-28-73-112-98-66-52-80(4-2)53-67-98/h3-4,9-24,29-34,36-69,74-78,82H,1-2,5-8,25-28,35,70-73H2. The molecular weight excluding hydrogens is 1360 g/mol.